The summed E-state index contributed by atoms with van der Waals surface area (Å²) in [6.45, 7) is 5.11. The second kappa shape index (κ2) is 6.99. The van der Waals surface area contributed by atoms with Crippen molar-refractivity contribution in [1.82, 2.24) is 4.90 Å². The van der Waals surface area contributed by atoms with E-state index in [2.05, 4.69) is 5.32 Å². The number of halogens is 1. The Labute approximate surface area is 117 Å². The molecule has 0 radical (unpaired) electrons. The van der Waals surface area contributed by atoms with Gasteiger partial charge in [-0.2, -0.15) is 0 Å². The van der Waals surface area contributed by atoms with Crippen LogP contribution in [0.3, 0.4) is 0 Å². The molecule has 0 saturated carbocycles. The molecule has 2 N–H and O–H groups in total. The molecule has 0 aliphatic rings. The fourth-order valence-electron chi connectivity index (χ4n) is 1.66. The number of carbonyl (C=O) groups is 2. The average molecular weight is 285 g/mol. The zero-order valence-corrected chi connectivity index (χ0v) is 11.7. The van der Waals surface area contributed by atoms with Crippen molar-refractivity contribution in [2.24, 2.45) is 0 Å². The van der Waals surface area contributed by atoms with Crippen molar-refractivity contribution < 1.29 is 14.7 Å². The third-order valence-corrected chi connectivity index (χ3v) is 2.78. The zero-order chi connectivity index (χ0) is 14.4. The summed E-state index contributed by atoms with van der Waals surface area (Å²) in [4.78, 5) is 24.5. The Hall–Kier alpha value is -1.75. The van der Waals surface area contributed by atoms with Gasteiger partial charge in [0.1, 0.15) is 0 Å². The molecule has 0 heterocycles. The number of urea groups is 1. The van der Waals surface area contributed by atoms with E-state index in [-0.39, 0.29) is 16.6 Å². The molecule has 0 aliphatic carbocycles. The van der Waals surface area contributed by atoms with Crippen LogP contribution in [0.1, 0.15) is 30.6 Å². The van der Waals surface area contributed by atoms with E-state index in [1.54, 1.807) is 4.90 Å². The van der Waals surface area contributed by atoms with E-state index in [4.69, 9.17) is 16.7 Å². The van der Waals surface area contributed by atoms with Gasteiger partial charge < -0.3 is 15.3 Å². The maximum atomic E-state index is 12.0. The molecular weight excluding hydrogens is 268 g/mol. The van der Waals surface area contributed by atoms with Crippen LogP contribution in [0.25, 0.3) is 0 Å². The van der Waals surface area contributed by atoms with Gasteiger partial charge >= 0.3 is 12.0 Å². The number of hydrogen-bond acceptors (Lipinski definition) is 2. The van der Waals surface area contributed by atoms with Crippen LogP contribution in [0.15, 0.2) is 18.2 Å². The van der Waals surface area contributed by atoms with E-state index in [0.29, 0.717) is 18.8 Å². The number of benzene rings is 1. The van der Waals surface area contributed by atoms with Crippen LogP contribution in [0.4, 0.5) is 10.5 Å². The summed E-state index contributed by atoms with van der Waals surface area (Å²) in [7, 11) is 0. The van der Waals surface area contributed by atoms with Crippen LogP contribution in [0, 0.1) is 0 Å². The first-order valence-electron chi connectivity index (χ1n) is 6.07. The highest BCUT2D eigenvalue weighted by molar-refractivity contribution is 6.31. The third-order valence-electron chi connectivity index (χ3n) is 2.56. The summed E-state index contributed by atoms with van der Waals surface area (Å²) in [5, 5.41) is 11.9. The van der Waals surface area contributed by atoms with Crippen molar-refractivity contribution in [2.75, 3.05) is 18.4 Å². The number of carbonyl (C=O) groups excluding carboxylic acids is 1. The van der Waals surface area contributed by atoms with E-state index < -0.39 is 5.97 Å². The number of aromatic carboxylic acids is 1. The minimum Gasteiger partial charge on any atom is -0.478 e. The fraction of sp³-hybridized carbons (Fsp3) is 0.385. The van der Waals surface area contributed by atoms with Gasteiger partial charge in [0.05, 0.1) is 5.56 Å². The first kappa shape index (κ1) is 15.3. The standard InChI is InChI=1S/C13H17ClN2O3/c1-3-5-16(4-2)13(19)15-11-7-9(12(17)18)6-10(14)8-11/h6-8H,3-5H2,1-2H3,(H,15,19)(H,17,18). The highest BCUT2D eigenvalue weighted by Crippen LogP contribution is 2.19. The van der Waals surface area contributed by atoms with Gasteiger partial charge in [0.2, 0.25) is 0 Å². The van der Waals surface area contributed by atoms with Crippen molar-refractivity contribution in [1.29, 1.82) is 0 Å². The van der Waals surface area contributed by atoms with Gasteiger partial charge in [-0.3, -0.25) is 0 Å². The average Bonchev–Trinajstić information content (AvgIpc) is 2.34. The highest BCUT2D eigenvalue weighted by atomic mass is 35.5. The molecule has 0 unspecified atom stereocenters. The number of carboxylic acid groups (broad SMARTS) is 1. The summed E-state index contributed by atoms with van der Waals surface area (Å²) < 4.78 is 0. The lowest BCUT2D eigenvalue weighted by atomic mass is 10.2. The maximum absolute atomic E-state index is 12.0. The first-order chi connectivity index (χ1) is 8.97. The molecule has 2 amide bonds. The largest absolute Gasteiger partial charge is 0.478 e. The minimum absolute atomic E-state index is 0.0429. The Bertz CT molecular complexity index is 477. The minimum atomic E-state index is -1.08. The molecular formula is C13H17ClN2O3. The Morgan fingerprint density at radius 1 is 1.32 bits per heavy atom. The normalized spacial score (nSPS) is 10.1. The van der Waals surface area contributed by atoms with E-state index in [1.807, 2.05) is 13.8 Å². The Balaban J connectivity index is 2.87. The van der Waals surface area contributed by atoms with Crippen molar-refractivity contribution >= 4 is 29.3 Å². The molecule has 1 aromatic rings. The number of nitrogens with one attached hydrogen (secondary N) is 1. The number of anilines is 1. The molecule has 0 spiro atoms. The molecule has 5 nitrogen and oxygen atoms in total. The Kier molecular flexibility index (Phi) is 5.63. The zero-order valence-electron chi connectivity index (χ0n) is 10.9. The lowest BCUT2D eigenvalue weighted by Crippen LogP contribution is -2.35. The molecule has 104 valence electrons. The first-order valence-corrected chi connectivity index (χ1v) is 6.45. The van der Waals surface area contributed by atoms with Gasteiger partial charge in [0.15, 0.2) is 0 Å². The molecule has 0 bridgehead atoms. The van der Waals surface area contributed by atoms with Gasteiger partial charge in [0.25, 0.3) is 0 Å². The van der Waals surface area contributed by atoms with Crippen molar-refractivity contribution in [3.05, 3.63) is 28.8 Å². The van der Waals surface area contributed by atoms with Gasteiger partial charge in [-0.05, 0) is 31.5 Å². The van der Waals surface area contributed by atoms with Gasteiger partial charge in [0, 0.05) is 23.8 Å². The number of amides is 2. The molecule has 0 atom stereocenters. The van der Waals surface area contributed by atoms with E-state index in [0.717, 1.165) is 6.42 Å². The number of rotatable bonds is 5. The second-order valence-electron chi connectivity index (χ2n) is 4.04. The summed E-state index contributed by atoms with van der Waals surface area (Å²) in [6.07, 6.45) is 0.858. The quantitative estimate of drug-likeness (QED) is 0.871. The van der Waals surface area contributed by atoms with E-state index in [1.165, 1.54) is 18.2 Å². The molecule has 0 fully saturated rings. The van der Waals surface area contributed by atoms with Crippen LogP contribution in [-0.4, -0.2) is 35.1 Å². The third kappa shape index (κ3) is 4.44. The number of nitrogens with zero attached hydrogens (tertiary/aromatic N) is 1. The number of carboxylic acids is 1. The lowest BCUT2D eigenvalue weighted by molar-refractivity contribution is 0.0697. The highest BCUT2D eigenvalue weighted by Gasteiger charge is 2.12. The molecule has 1 aromatic carbocycles. The predicted molar refractivity (Wildman–Crippen MR) is 75.0 cm³/mol. The fourth-order valence-corrected chi connectivity index (χ4v) is 1.90. The van der Waals surface area contributed by atoms with Crippen LogP contribution in [-0.2, 0) is 0 Å². The van der Waals surface area contributed by atoms with Gasteiger partial charge in [-0.25, -0.2) is 9.59 Å². The van der Waals surface area contributed by atoms with Crippen LogP contribution in [0.2, 0.25) is 5.02 Å². The maximum Gasteiger partial charge on any atom is 0.335 e. The number of hydrogen-bond donors (Lipinski definition) is 2. The van der Waals surface area contributed by atoms with E-state index in [9.17, 15) is 9.59 Å². The molecule has 19 heavy (non-hydrogen) atoms. The Morgan fingerprint density at radius 2 is 2.00 bits per heavy atom. The molecule has 6 heteroatoms. The molecule has 0 aromatic heterocycles. The van der Waals surface area contributed by atoms with Crippen LogP contribution >= 0.6 is 11.6 Å². The topological polar surface area (TPSA) is 69.6 Å². The predicted octanol–water partition coefficient (Wildman–Crippen LogP) is 3.30. The van der Waals surface area contributed by atoms with E-state index >= 15 is 0 Å². The van der Waals surface area contributed by atoms with Crippen LogP contribution < -0.4 is 5.32 Å². The lowest BCUT2D eigenvalue weighted by Gasteiger charge is -2.20. The molecule has 1 rings (SSSR count). The second-order valence-corrected chi connectivity index (χ2v) is 4.48. The van der Waals surface area contributed by atoms with Crippen molar-refractivity contribution in [3.8, 4) is 0 Å². The Morgan fingerprint density at radius 3 is 2.53 bits per heavy atom. The summed E-state index contributed by atoms with van der Waals surface area (Å²) >= 11 is 5.82. The van der Waals surface area contributed by atoms with Crippen molar-refractivity contribution in [3.63, 3.8) is 0 Å². The monoisotopic (exact) mass is 284 g/mol. The summed E-state index contributed by atoms with van der Waals surface area (Å²) in [5.74, 6) is -1.08. The summed E-state index contributed by atoms with van der Waals surface area (Å²) in [6, 6.07) is 3.98. The van der Waals surface area contributed by atoms with Crippen molar-refractivity contribution in [2.45, 2.75) is 20.3 Å². The molecule has 0 aliphatic heterocycles. The van der Waals surface area contributed by atoms with Crippen LogP contribution in [0.5, 0.6) is 0 Å². The van der Waals surface area contributed by atoms with Gasteiger partial charge in [-0.15, -0.1) is 0 Å². The smallest absolute Gasteiger partial charge is 0.335 e. The summed E-state index contributed by atoms with van der Waals surface area (Å²) in [5.41, 5.74) is 0.422. The molecule has 0 saturated heterocycles. The SMILES string of the molecule is CCCN(CC)C(=O)Nc1cc(Cl)cc(C(=O)O)c1. The van der Waals surface area contributed by atoms with Gasteiger partial charge in [-0.1, -0.05) is 18.5 Å².